The Morgan fingerprint density at radius 1 is 0.889 bits per heavy atom. The van der Waals surface area contributed by atoms with E-state index >= 15 is 0 Å². The van der Waals surface area contributed by atoms with Gasteiger partial charge in [-0.2, -0.15) is 17.0 Å². The van der Waals surface area contributed by atoms with E-state index in [2.05, 4.69) is 47.7 Å². The Labute approximate surface area is 162 Å². The first kappa shape index (κ1) is 18.9. The van der Waals surface area contributed by atoms with Gasteiger partial charge in [-0.15, -0.1) is 0 Å². The molecule has 0 amide bonds. The zero-order chi connectivity index (χ0) is 19.0. The van der Waals surface area contributed by atoms with Crippen molar-refractivity contribution < 1.29 is 8.42 Å². The highest BCUT2D eigenvalue weighted by atomic mass is 32.2. The van der Waals surface area contributed by atoms with E-state index in [9.17, 15) is 8.42 Å². The van der Waals surface area contributed by atoms with Crippen molar-refractivity contribution in [3.05, 3.63) is 35.5 Å². The number of nitrogens with zero attached hydrogens (tertiary/aromatic N) is 4. The molecule has 0 saturated carbocycles. The fourth-order valence-corrected chi connectivity index (χ4v) is 6.04. The molecule has 0 spiro atoms. The van der Waals surface area contributed by atoms with E-state index in [0.717, 1.165) is 38.9 Å². The summed E-state index contributed by atoms with van der Waals surface area (Å²) in [6, 6.07) is 8.83. The molecule has 0 N–H and O–H groups in total. The third kappa shape index (κ3) is 3.78. The molecule has 0 unspecified atom stereocenters. The first-order valence-electron chi connectivity index (χ1n) is 9.98. The summed E-state index contributed by atoms with van der Waals surface area (Å²) >= 11 is 0. The maximum atomic E-state index is 12.8. The van der Waals surface area contributed by atoms with Gasteiger partial charge in [0.1, 0.15) is 0 Å². The summed E-state index contributed by atoms with van der Waals surface area (Å²) in [6.07, 6.45) is 2.86. The molecular formula is C20H30N4O2S. The second-order valence-electron chi connectivity index (χ2n) is 7.90. The first-order valence-corrected chi connectivity index (χ1v) is 11.4. The molecule has 2 fully saturated rings. The number of fused-ring (bicyclic) bond motifs is 1. The lowest BCUT2D eigenvalue weighted by Crippen LogP contribution is -2.44. The Kier molecular flexibility index (Phi) is 5.29. The van der Waals surface area contributed by atoms with Crippen molar-refractivity contribution in [3.8, 4) is 0 Å². The molecule has 2 aliphatic heterocycles. The number of aromatic nitrogens is 1. The third-order valence-corrected chi connectivity index (χ3v) is 7.98. The van der Waals surface area contributed by atoms with Crippen LogP contribution in [-0.4, -0.2) is 65.8 Å². The van der Waals surface area contributed by atoms with Crippen LogP contribution in [0.25, 0.3) is 10.9 Å². The van der Waals surface area contributed by atoms with Gasteiger partial charge in [-0.3, -0.25) is 4.90 Å². The molecule has 1 aromatic heterocycles. The molecule has 7 heteroatoms. The predicted molar refractivity (Wildman–Crippen MR) is 109 cm³/mol. The maximum Gasteiger partial charge on any atom is 0.282 e. The Morgan fingerprint density at radius 2 is 1.59 bits per heavy atom. The van der Waals surface area contributed by atoms with Gasteiger partial charge in [0.25, 0.3) is 10.2 Å². The molecule has 0 radical (unpaired) electrons. The molecular weight excluding hydrogens is 360 g/mol. The van der Waals surface area contributed by atoms with Crippen LogP contribution in [0, 0.1) is 6.92 Å². The lowest BCUT2D eigenvalue weighted by atomic mass is 10.2. The number of benzene rings is 1. The van der Waals surface area contributed by atoms with Crippen molar-refractivity contribution in [2.24, 2.45) is 7.05 Å². The van der Waals surface area contributed by atoms with E-state index in [4.69, 9.17) is 0 Å². The van der Waals surface area contributed by atoms with Crippen LogP contribution in [0.15, 0.2) is 24.3 Å². The van der Waals surface area contributed by atoms with Crippen molar-refractivity contribution >= 4 is 21.1 Å². The Hall–Kier alpha value is -1.41. The Morgan fingerprint density at radius 3 is 2.37 bits per heavy atom. The Bertz CT molecular complexity index is 915. The fourth-order valence-electron chi connectivity index (χ4n) is 4.33. The molecule has 0 atom stereocenters. The summed E-state index contributed by atoms with van der Waals surface area (Å²) < 4.78 is 31.3. The summed E-state index contributed by atoms with van der Waals surface area (Å²) in [5.74, 6) is 0. The normalized spacial score (nSPS) is 21.1. The van der Waals surface area contributed by atoms with E-state index in [1.165, 1.54) is 22.2 Å². The standard InChI is InChI=1S/C20H30N4O2S/c1-17-6-7-20-18(14-17)15-19(21(20)2)16-22-8-5-11-24(13-12-22)27(25,26)23-9-3-4-10-23/h6-7,14-15H,3-5,8-13,16H2,1-2H3. The highest BCUT2D eigenvalue weighted by Crippen LogP contribution is 2.23. The molecule has 27 heavy (non-hydrogen) atoms. The number of hydrogen-bond donors (Lipinski definition) is 0. The Balaban J connectivity index is 1.45. The summed E-state index contributed by atoms with van der Waals surface area (Å²) in [4.78, 5) is 2.39. The van der Waals surface area contributed by atoms with Crippen molar-refractivity contribution in [3.63, 3.8) is 0 Å². The third-order valence-electron chi connectivity index (χ3n) is 5.95. The number of hydrogen-bond acceptors (Lipinski definition) is 3. The highest BCUT2D eigenvalue weighted by molar-refractivity contribution is 7.86. The van der Waals surface area contributed by atoms with Crippen LogP contribution in [0.1, 0.15) is 30.5 Å². The average molecular weight is 391 g/mol. The van der Waals surface area contributed by atoms with Crippen LogP contribution in [-0.2, 0) is 23.8 Å². The van der Waals surface area contributed by atoms with Crippen LogP contribution in [0.2, 0.25) is 0 Å². The largest absolute Gasteiger partial charge is 0.346 e. The molecule has 4 rings (SSSR count). The van der Waals surface area contributed by atoms with Crippen LogP contribution in [0.5, 0.6) is 0 Å². The van der Waals surface area contributed by atoms with Crippen LogP contribution in [0.3, 0.4) is 0 Å². The monoisotopic (exact) mass is 390 g/mol. The van der Waals surface area contributed by atoms with Crippen LogP contribution < -0.4 is 0 Å². The lowest BCUT2D eigenvalue weighted by Gasteiger charge is -2.26. The van der Waals surface area contributed by atoms with E-state index in [-0.39, 0.29) is 0 Å². The smallest absolute Gasteiger partial charge is 0.282 e. The van der Waals surface area contributed by atoms with Crippen LogP contribution in [0.4, 0.5) is 0 Å². The number of aryl methyl sites for hydroxylation is 2. The average Bonchev–Trinajstić information content (AvgIpc) is 3.20. The molecule has 3 heterocycles. The minimum atomic E-state index is -3.28. The van der Waals surface area contributed by atoms with Crippen molar-refractivity contribution in [2.75, 3.05) is 39.3 Å². The predicted octanol–water partition coefficient (Wildman–Crippen LogP) is 2.34. The van der Waals surface area contributed by atoms with E-state index in [1.54, 1.807) is 8.61 Å². The quantitative estimate of drug-likeness (QED) is 0.805. The van der Waals surface area contributed by atoms with Gasteiger partial charge in [0.15, 0.2) is 0 Å². The highest BCUT2D eigenvalue weighted by Gasteiger charge is 2.32. The zero-order valence-corrected chi connectivity index (χ0v) is 17.2. The van der Waals surface area contributed by atoms with Gasteiger partial charge in [-0.1, -0.05) is 11.6 Å². The summed E-state index contributed by atoms with van der Waals surface area (Å²) in [5.41, 5.74) is 3.81. The minimum absolute atomic E-state index is 0.585. The number of rotatable bonds is 4. The first-order chi connectivity index (χ1) is 12.9. The molecule has 2 aliphatic rings. The fraction of sp³-hybridized carbons (Fsp3) is 0.600. The van der Waals surface area contributed by atoms with E-state index in [1.807, 2.05) is 0 Å². The van der Waals surface area contributed by atoms with Gasteiger partial charge in [0, 0.05) is 62.9 Å². The van der Waals surface area contributed by atoms with Crippen molar-refractivity contribution in [2.45, 2.75) is 32.7 Å². The maximum absolute atomic E-state index is 12.8. The lowest BCUT2D eigenvalue weighted by molar-refractivity contribution is 0.271. The van der Waals surface area contributed by atoms with Gasteiger partial charge in [-0.05, 0) is 50.9 Å². The summed E-state index contributed by atoms with van der Waals surface area (Å²) in [7, 11) is -1.16. The summed E-state index contributed by atoms with van der Waals surface area (Å²) in [6.45, 7) is 7.28. The SMILES string of the molecule is Cc1ccc2c(c1)cc(CN1CCCN(S(=O)(=O)N3CCCC3)CC1)n2C. The van der Waals surface area contributed by atoms with Crippen molar-refractivity contribution in [1.82, 2.24) is 18.1 Å². The molecule has 0 bridgehead atoms. The zero-order valence-electron chi connectivity index (χ0n) is 16.4. The molecule has 2 saturated heterocycles. The van der Waals surface area contributed by atoms with Gasteiger partial charge >= 0.3 is 0 Å². The molecule has 6 nitrogen and oxygen atoms in total. The molecule has 148 valence electrons. The topological polar surface area (TPSA) is 48.8 Å². The van der Waals surface area contributed by atoms with Gasteiger partial charge in [0.2, 0.25) is 0 Å². The summed E-state index contributed by atoms with van der Waals surface area (Å²) in [5, 5.41) is 1.28. The molecule has 1 aromatic carbocycles. The van der Waals surface area contributed by atoms with E-state index in [0.29, 0.717) is 26.2 Å². The second-order valence-corrected chi connectivity index (χ2v) is 9.83. The van der Waals surface area contributed by atoms with Gasteiger partial charge in [-0.25, -0.2) is 0 Å². The van der Waals surface area contributed by atoms with Gasteiger partial charge < -0.3 is 4.57 Å². The minimum Gasteiger partial charge on any atom is -0.346 e. The molecule has 2 aromatic rings. The van der Waals surface area contributed by atoms with Gasteiger partial charge in [0.05, 0.1) is 0 Å². The van der Waals surface area contributed by atoms with Crippen LogP contribution >= 0.6 is 0 Å². The van der Waals surface area contributed by atoms with Crippen molar-refractivity contribution in [1.29, 1.82) is 0 Å². The van der Waals surface area contributed by atoms with E-state index < -0.39 is 10.2 Å². The second kappa shape index (κ2) is 7.54. The molecule has 0 aliphatic carbocycles.